The van der Waals surface area contributed by atoms with Gasteiger partial charge >= 0.3 is 0 Å². The number of hydrogen-bond acceptors (Lipinski definition) is 4. The molecule has 1 aliphatic rings. The van der Waals surface area contributed by atoms with Crippen molar-refractivity contribution in [2.24, 2.45) is 0 Å². The number of nitriles is 1. The molecule has 0 saturated carbocycles. The van der Waals surface area contributed by atoms with E-state index in [0.29, 0.717) is 31.9 Å². The van der Waals surface area contributed by atoms with Crippen LogP contribution < -0.4 is 10.2 Å². The van der Waals surface area contributed by atoms with Crippen LogP contribution in [0.2, 0.25) is 0 Å². The molecular formula is C16H21N3O2. The highest BCUT2D eigenvalue weighted by molar-refractivity contribution is 5.86. The molecule has 1 heterocycles. The lowest BCUT2D eigenvalue weighted by atomic mass is 10.1. The molecule has 0 aromatic heterocycles. The number of hydrogen-bond donors (Lipinski definition) is 1. The number of ether oxygens (including phenoxy) is 1. The lowest BCUT2D eigenvalue weighted by Gasteiger charge is -2.36. The summed E-state index contributed by atoms with van der Waals surface area (Å²) in [6.45, 7) is 6.16. The van der Waals surface area contributed by atoms with Gasteiger partial charge in [0.05, 0.1) is 24.5 Å². The monoisotopic (exact) mass is 287 g/mol. The molecule has 0 spiro atoms. The Morgan fingerprint density at radius 1 is 1.57 bits per heavy atom. The van der Waals surface area contributed by atoms with Crippen LogP contribution in [0.3, 0.4) is 0 Å². The van der Waals surface area contributed by atoms with E-state index in [9.17, 15) is 10.1 Å². The van der Waals surface area contributed by atoms with Crippen LogP contribution in [0.25, 0.3) is 0 Å². The number of aryl methyl sites for hydroxylation is 1. The van der Waals surface area contributed by atoms with Gasteiger partial charge in [0, 0.05) is 13.1 Å². The van der Waals surface area contributed by atoms with E-state index in [0.717, 1.165) is 17.7 Å². The summed E-state index contributed by atoms with van der Waals surface area (Å²) in [6.07, 6.45) is 0.896. The number of morpholine rings is 1. The van der Waals surface area contributed by atoms with Crippen LogP contribution in [0.15, 0.2) is 18.2 Å². The van der Waals surface area contributed by atoms with E-state index in [1.54, 1.807) is 0 Å². The van der Waals surface area contributed by atoms with Gasteiger partial charge in [0.25, 0.3) is 0 Å². The van der Waals surface area contributed by atoms with Crippen molar-refractivity contribution in [3.8, 4) is 6.07 Å². The van der Waals surface area contributed by atoms with Crippen LogP contribution in [-0.2, 0) is 9.53 Å². The minimum Gasteiger partial charge on any atom is -0.377 e. The summed E-state index contributed by atoms with van der Waals surface area (Å²) in [5.74, 6) is -0.0407. The van der Waals surface area contributed by atoms with Crippen LogP contribution in [-0.4, -0.2) is 38.3 Å². The second-order valence-electron chi connectivity index (χ2n) is 5.21. The Labute approximate surface area is 125 Å². The van der Waals surface area contributed by atoms with E-state index in [1.807, 2.05) is 36.9 Å². The highest BCUT2D eigenvalue weighted by Gasteiger charge is 2.30. The topological polar surface area (TPSA) is 65.4 Å². The molecule has 1 saturated heterocycles. The van der Waals surface area contributed by atoms with Crippen LogP contribution in [0.5, 0.6) is 0 Å². The van der Waals surface area contributed by atoms with E-state index in [4.69, 9.17) is 4.74 Å². The molecule has 1 aromatic rings. The normalized spacial score (nSPS) is 18.1. The van der Waals surface area contributed by atoms with Gasteiger partial charge in [0.15, 0.2) is 0 Å². The van der Waals surface area contributed by atoms with Crippen molar-refractivity contribution in [1.29, 1.82) is 5.26 Å². The number of benzene rings is 1. The highest BCUT2D eigenvalue weighted by Crippen LogP contribution is 2.25. The first kappa shape index (κ1) is 15.3. The number of carbonyl (C=O) groups is 1. The van der Waals surface area contributed by atoms with Crippen molar-refractivity contribution >= 4 is 11.6 Å². The number of carbonyl (C=O) groups excluding carboxylic acids is 1. The molecule has 0 radical (unpaired) electrons. The molecule has 0 aliphatic carbocycles. The van der Waals surface area contributed by atoms with Crippen molar-refractivity contribution in [2.75, 3.05) is 31.2 Å². The summed E-state index contributed by atoms with van der Waals surface area (Å²) in [5.41, 5.74) is 2.45. The van der Waals surface area contributed by atoms with Crippen LogP contribution in [0.4, 0.5) is 5.69 Å². The third-order valence-electron chi connectivity index (χ3n) is 3.56. The minimum absolute atomic E-state index is 0.0407. The molecule has 5 heteroatoms. The Morgan fingerprint density at radius 3 is 3.10 bits per heavy atom. The van der Waals surface area contributed by atoms with E-state index >= 15 is 0 Å². The first-order valence-electron chi connectivity index (χ1n) is 7.30. The number of anilines is 1. The highest BCUT2D eigenvalue weighted by atomic mass is 16.5. The summed E-state index contributed by atoms with van der Waals surface area (Å²) in [5, 5.41) is 12.2. The number of amides is 1. The summed E-state index contributed by atoms with van der Waals surface area (Å²) in [4.78, 5) is 14.3. The Hall–Kier alpha value is -2.06. The Balaban J connectivity index is 2.27. The first-order valence-corrected chi connectivity index (χ1v) is 7.30. The van der Waals surface area contributed by atoms with Gasteiger partial charge in [-0.25, -0.2) is 0 Å². The summed E-state index contributed by atoms with van der Waals surface area (Å²) in [6, 6.07) is 7.58. The molecule has 21 heavy (non-hydrogen) atoms. The zero-order chi connectivity index (χ0) is 15.2. The van der Waals surface area contributed by atoms with Crippen molar-refractivity contribution in [3.63, 3.8) is 0 Å². The maximum Gasteiger partial charge on any atom is 0.245 e. The molecule has 1 unspecified atom stereocenters. The lowest BCUT2D eigenvalue weighted by molar-refractivity contribution is -0.124. The molecule has 0 bridgehead atoms. The molecule has 112 valence electrons. The Bertz CT molecular complexity index is 551. The van der Waals surface area contributed by atoms with E-state index in [2.05, 4.69) is 11.4 Å². The van der Waals surface area contributed by atoms with Crippen LogP contribution in [0.1, 0.15) is 24.5 Å². The van der Waals surface area contributed by atoms with E-state index in [1.165, 1.54) is 0 Å². The zero-order valence-corrected chi connectivity index (χ0v) is 12.6. The molecule has 5 nitrogen and oxygen atoms in total. The van der Waals surface area contributed by atoms with Gasteiger partial charge in [-0.1, -0.05) is 13.0 Å². The number of nitrogens with one attached hydrogen (secondary N) is 1. The summed E-state index contributed by atoms with van der Waals surface area (Å²) >= 11 is 0. The average Bonchev–Trinajstić information content (AvgIpc) is 2.52. The smallest absolute Gasteiger partial charge is 0.245 e. The van der Waals surface area contributed by atoms with E-state index in [-0.39, 0.29) is 11.9 Å². The van der Waals surface area contributed by atoms with Gasteiger partial charge in [-0.05, 0) is 31.0 Å². The van der Waals surface area contributed by atoms with Gasteiger partial charge in [-0.2, -0.15) is 5.26 Å². The largest absolute Gasteiger partial charge is 0.377 e. The second-order valence-corrected chi connectivity index (χ2v) is 5.21. The predicted molar refractivity (Wildman–Crippen MR) is 81.1 cm³/mol. The molecule has 1 amide bonds. The summed E-state index contributed by atoms with van der Waals surface area (Å²) < 4.78 is 5.45. The number of rotatable bonds is 4. The maximum atomic E-state index is 12.3. The minimum atomic E-state index is -0.375. The van der Waals surface area contributed by atoms with Crippen LogP contribution in [0, 0.1) is 18.3 Å². The fourth-order valence-electron chi connectivity index (χ4n) is 2.47. The average molecular weight is 287 g/mol. The van der Waals surface area contributed by atoms with Gasteiger partial charge in [-0.3, -0.25) is 4.79 Å². The Kier molecular flexibility index (Phi) is 5.18. The first-order chi connectivity index (χ1) is 10.2. The van der Waals surface area contributed by atoms with Crippen molar-refractivity contribution in [1.82, 2.24) is 5.32 Å². The molecule has 1 aliphatic heterocycles. The van der Waals surface area contributed by atoms with Crippen molar-refractivity contribution in [3.05, 3.63) is 29.3 Å². The van der Waals surface area contributed by atoms with Gasteiger partial charge in [0.2, 0.25) is 5.91 Å². The van der Waals surface area contributed by atoms with Crippen molar-refractivity contribution in [2.45, 2.75) is 26.3 Å². The van der Waals surface area contributed by atoms with Crippen molar-refractivity contribution < 1.29 is 9.53 Å². The zero-order valence-electron chi connectivity index (χ0n) is 12.6. The van der Waals surface area contributed by atoms with Gasteiger partial charge in [-0.15, -0.1) is 0 Å². The fourth-order valence-corrected chi connectivity index (χ4v) is 2.47. The standard InChI is InChI=1S/C16H21N3O2/c1-3-6-18-16(20)15-11-21-8-7-19(15)14-5-4-12(2)9-13(14)10-17/h4-5,9,15H,3,6-8,11H2,1-2H3,(H,18,20). The maximum absolute atomic E-state index is 12.3. The van der Waals surface area contributed by atoms with Gasteiger partial charge < -0.3 is 15.0 Å². The third-order valence-corrected chi connectivity index (χ3v) is 3.56. The van der Waals surface area contributed by atoms with E-state index < -0.39 is 0 Å². The fraction of sp³-hybridized carbons (Fsp3) is 0.500. The number of nitrogens with zero attached hydrogens (tertiary/aromatic N) is 2. The molecular weight excluding hydrogens is 266 g/mol. The lowest BCUT2D eigenvalue weighted by Crippen LogP contribution is -2.54. The predicted octanol–water partition coefficient (Wildman–Crippen LogP) is 1.60. The SMILES string of the molecule is CCCNC(=O)C1COCCN1c1ccc(C)cc1C#N. The van der Waals surface area contributed by atoms with Crippen LogP contribution >= 0.6 is 0 Å². The molecule has 1 atom stereocenters. The molecule has 2 rings (SSSR count). The molecule has 1 N–H and O–H groups in total. The molecule has 1 fully saturated rings. The summed E-state index contributed by atoms with van der Waals surface area (Å²) in [7, 11) is 0. The van der Waals surface area contributed by atoms with Gasteiger partial charge in [0.1, 0.15) is 12.1 Å². The third kappa shape index (κ3) is 3.53. The molecule has 1 aromatic carbocycles. The second kappa shape index (κ2) is 7.09. The quantitative estimate of drug-likeness (QED) is 0.913. The Morgan fingerprint density at radius 2 is 2.38 bits per heavy atom.